The van der Waals surface area contributed by atoms with Crippen LogP contribution in [-0.4, -0.2) is 22.4 Å². The fourth-order valence-corrected chi connectivity index (χ4v) is 2.92. The van der Waals surface area contributed by atoms with Gasteiger partial charge in [0.15, 0.2) is 5.11 Å². The van der Waals surface area contributed by atoms with E-state index in [0.29, 0.717) is 5.11 Å². The van der Waals surface area contributed by atoms with Crippen LogP contribution in [0.4, 0.5) is 5.82 Å². The molecular formula is C16H18ClN3S2. The summed E-state index contributed by atoms with van der Waals surface area (Å²) < 4.78 is 0. The highest BCUT2D eigenvalue weighted by Gasteiger charge is 2.01. The first-order chi connectivity index (χ1) is 10.6. The van der Waals surface area contributed by atoms with Crippen LogP contribution in [0.25, 0.3) is 0 Å². The van der Waals surface area contributed by atoms with E-state index in [1.807, 2.05) is 43.0 Å². The molecule has 3 nitrogen and oxygen atoms in total. The molecule has 2 rings (SSSR count). The van der Waals surface area contributed by atoms with E-state index in [2.05, 4.69) is 27.8 Å². The van der Waals surface area contributed by atoms with Crippen LogP contribution >= 0.6 is 35.6 Å². The van der Waals surface area contributed by atoms with E-state index in [4.69, 9.17) is 23.8 Å². The summed E-state index contributed by atoms with van der Waals surface area (Å²) in [5, 5.41) is 7.68. The zero-order chi connectivity index (χ0) is 15.8. The van der Waals surface area contributed by atoms with Crippen LogP contribution in [0.15, 0.2) is 42.6 Å². The van der Waals surface area contributed by atoms with E-state index >= 15 is 0 Å². The Kier molecular flexibility index (Phi) is 6.96. The molecule has 0 fully saturated rings. The third kappa shape index (κ3) is 5.83. The van der Waals surface area contributed by atoms with E-state index in [0.717, 1.165) is 34.5 Å². The minimum Gasteiger partial charge on any atom is -0.362 e. The van der Waals surface area contributed by atoms with E-state index in [9.17, 15) is 0 Å². The van der Waals surface area contributed by atoms with Gasteiger partial charge in [-0.1, -0.05) is 29.8 Å². The monoisotopic (exact) mass is 351 g/mol. The Hall–Kier alpha value is -1.30. The summed E-state index contributed by atoms with van der Waals surface area (Å²) in [5.41, 5.74) is 2.35. The van der Waals surface area contributed by atoms with E-state index in [1.165, 1.54) is 5.56 Å². The summed E-state index contributed by atoms with van der Waals surface area (Å²) >= 11 is 13.0. The first-order valence-electron chi connectivity index (χ1n) is 6.94. The van der Waals surface area contributed by atoms with Gasteiger partial charge in [-0.2, -0.15) is 11.8 Å². The molecule has 0 amide bonds. The molecule has 0 aliphatic rings. The van der Waals surface area contributed by atoms with Gasteiger partial charge >= 0.3 is 0 Å². The Bertz CT molecular complexity index is 617. The summed E-state index contributed by atoms with van der Waals surface area (Å²) in [7, 11) is 0. The van der Waals surface area contributed by atoms with Crippen LogP contribution in [0.2, 0.25) is 5.02 Å². The molecule has 0 saturated heterocycles. The SMILES string of the molecule is Cc1cccnc1NC(=S)NCCSCc1ccc(Cl)cc1. The molecule has 0 spiro atoms. The van der Waals surface area contributed by atoms with Gasteiger partial charge in [0.25, 0.3) is 0 Å². The zero-order valence-electron chi connectivity index (χ0n) is 12.3. The van der Waals surface area contributed by atoms with Crippen molar-refractivity contribution in [3.8, 4) is 0 Å². The molecule has 116 valence electrons. The highest BCUT2D eigenvalue weighted by Crippen LogP contribution is 2.15. The van der Waals surface area contributed by atoms with E-state index in [-0.39, 0.29) is 0 Å². The maximum Gasteiger partial charge on any atom is 0.171 e. The molecule has 0 radical (unpaired) electrons. The lowest BCUT2D eigenvalue weighted by Crippen LogP contribution is -2.30. The van der Waals surface area contributed by atoms with Gasteiger partial charge in [-0.25, -0.2) is 4.98 Å². The molecule has 0 bridgehead atoms. The van der Waals surface area contributed by atoms with Crippen molar-refractivity contribution < 1.29 is 0 Å². The number of hydrogen-bond donors (Lipinski definition) is 2. The Morgan fingerprint density at radius 3 is 2.77 bits per heavy atom. The van der Waals surface area contributed by atoms with Gasteiger partial charge in [0.1, 0.15) is 5.82 Å². The summed E-state index contributed by atoms with van der Waals surface area (Å²) in [6.07, 6.45) is 1.75. The Morgan fingerprint density at radius 1 is 1.27 bits per heavy atom. The highest BCUT2D eigenvalue weighted by molar-refractivity contribution is 7.98. The molecule has 0 saturated carbocycles. The van der Waals surface area contributed by atoms with Crippen LogP contribution in [-0.2, 0) is 5.75 Å². The number of nitrogens with one attached hydrogen (secondary N) is 2. The third-order valence-corrected chi connectivity index (χ3v) is 4.48. The third-order valence-electron chi connectivity index (χ3n) is 2.96. The van der Waals surface area contributed by atoms with Crippen LogP contribution in [0.1, 0.15) is 11.1 Å². The van der Waals surface area contributed by atoms with Crippen LogP contribution < -0.4 is 10.6 Å². The molecule has 0 atom stereocenters. The Morgan fingerprint density at radius 2 is 2.05 bits per heavy atom. The Balaban J connectivity index is 1.63. The van der Waals surface area contributed by atoms with Gasteiger partial charge in [0.2, 0.25) is 0 Å². The zero-order valence-corrected chi connectivity index (χ0v) is 14.7. The van der Waals surface area contributed by atoms with Crippen molar-refractivity contribution in [2.45, 2.75) is 12.7 Å². The maximum absolute atomic E-state index is 5.86. The smallest absolute Gasteiger partial charge is 0.171 e. The molecule has 6 heteroatoms. The van der Waals surface area contributed by atoms with E-state index in [1.54, 1.807) is 6.20 Å². The van der Waals surface area contributed by atoms with Gasteiger partial charge in [-0.15, -0.1) is 0 Å². The van der Waals surface area contributed by atoms with Gasteiger partial charge in [-0.3, -0.25) is 0 Å². The number of rotatable bonds is 6. The maximum atomic E-state index is 5.86. The quantitative estimate of drug-likeness (QED) is 0.600. The number of halogens is 1. The van der Waals surface area contributed by atoms with Gasteiger partial charge < -0.3 is 10.6 Å². The molecule has 2 N–H and O–H groups in total. The summed E-state index contributed by atoms with van der Waals surface area (Å²) in [5.74, 6) is 2.75. The molecule has 22 heavy (non-hydrogen) atoms. The summed E-state index contributed by atoms with van der Waals surface area (Å²) in [6.45, 7) is 2.82. The minimum absolute atomic E-state index is 0.605. The number of aryl methyl sites for hydroxylation is 1. The number of anilines is 1. The number of benzene rings is 1. The van der Waals surface area contributed by atoms with Crippen LogP contribution in [0.3, 0.4) is 0 Å². The van der Waals surface area contributed by atoms with Crippen molar-refractivity contribution in [1.82, 2.24) is 10.3 Å². The van der Waals surface area contributed by atoms with Crippen molar-refractivity contribution in [3.05, 3.63) is 58.7 Å². The van der Waals surface area contributed by atoms with Crippen LogP contribution in [0, 0.1) is 6.92 Å². The first-order valence-corrected chi connectivity index (χ1v) is 8.88. The minimum atomic E-state index is 0.605. The van der Waals surface area contributed by atoms with Crippen molar-refractivity contribution in [3.63, 3.8) is 0 Å². The number of thioether (sulfide) groups is 1. The molecule has 0 unspecified atom stereocenters. The van der Waals surface area contributed by atoms with Gasteiger partial charge in [-0.05, 0) is 48.5 Å². The number of thiocarbonyl (C=S) groups is 1. The van der Waals surface area contributed by atoms with Crippen LogP contribution in [0.5, 0.6) is 0 Å². The fourth-order valence-electron chi connectivity index (χ4n) is 1.78. The summed E-state index contributed by atoms with van der Waals surface area (Å²) in [6, 6.07) is 11.9. The van der Waals surface area contributed by atoms with Gasteiger partial charge in [0, 0.05) is 29.3 Å². The van der Waals surface area contributed by atoms with Crippen molar-refractivity contribution in [1.29, 1.82) is 0 Å². The lowest BCUT2D eigenvalue weighted by molar-refractivity contribution is 0.987. The normalized spacial score (nSPS) is 10.3. The molecule has 0 aliphatic heterocycles. The lowest BCUT2D eigenvalue weighted by Gasteiger charge is -2.11. The molecule has 1 heterocycles. The van der Waals surface area contributed by atoms with Crippen molar-refractivity contribution in [2.75, 3.05) is 17.6 Å². The first kappa shape index (κ1) is 17.1. The number of aromatic nitrogens is 1. The van der Waals surface area contributed by atoms with Crippen molar-refractivity contribution >= 4 is 46.5 Å². The number of hydrogen-bond acceptors (Lipinski definition) is 3. The second-order valence-corrected chi connectivity index (χ2v) is 6.68. The highest BCUT2D eigenvalue weighted by atomic mass is 35.5. The second-order valence-electron chi connectivity index (χ2n) is 4.73. The van der Waals surface area contributed by atoms with E-state index < -0.39 is 0 Å². The predicted octanol–water partition coefficient (Wildman–Crippen LogP) is 4.26. The molecule has 2 aromatic rings. The van der Waals surface area contributed by atoms with Gasteiger partial charge in [0.05, 0.1) is 0 Å². The Labute approximate surface area is 145 Å². The fraction of sp³-hybridized carbons (Fsp3) is 0.250. The average molecular weight is 352 g/mol. The lowest BCUT2D eigenvalue weighted by atomic mass is 10.2. The molecule has 1 aromatic carbocycles. The van der Waals surface area contributed by atoms with Crippen molar-refractivity contribution in [2.24, 2.45) is 0 Å². The molecule has 1 aromatic heterocycles. The second kappa shape index (κ2) is 8.98. The number of pyridine rings is 1. The largest absolute Gasteiger partial charge is 0.362 e. The number of nitrogens with zero attached hydrogens (tertiary/aromatic N) is 1. The predicted molar refractivity (Wildman–Crippen MR) is 101 cm³/mol. The average Bonchev–Trinajstić information content (AvgIpc) is 2.51. The standard InChI is InChI=1S/C16H18ClN3S2/c1-12-3-2-8-18-15(12)20-16(21)19-9-10-22-11-13-4-6-14(17)7-5-13/h2-8H,9-11H2,1H3,(H2,18,19,20,21). The molecule has 0 aliphatic carbocycles. The topological polar surface area (TPSA) is 37.0 Å². The molecular weight excluding hydrogens is 334 g/mol. The summed E-state index contributed by atoms with van der Waals surface area (Å²) in [4.78, 5) is 4.25.